The molecule has 0 aromatic heterocycles. The zero-order valence-electron chi connectivity index (χ0n) is 23.3. The monoisotopic (exact) mass is 502 g/mol. The maximum absolute atomic E-state index is 12.2. The van der Waals surface area contributed by atoms with Crippen LogP contribution in [-0.4, -0.2) is 38.5 Å². The van der Waals surface area contributed by atoms with Gasteiger partial charge in [-0.2, -0.15) is 0 Å². The first-order chi connectivity index (χ1) is 16.6. The second-order valence-electron chi connectivity index (χ2n) is 10.7. The van der Waals surface area contributed by atoms with Crippen molar-refractivity contribution in [1.29, 1.82) is 0 Å². The van der Waals surface area contributed by atoms with Crippen LogP contribution in [0.3, 0.4) is 0 Å². The van der Waals surface area contributed by atoms with E-state index in [9.17, 15) is 14.8 Å². The van der Waals surface area contributed by atoms with Gasteiger partial charge in [-0.3, -0.25) is 0 Å². The minimum absolute atomic E-state index is 0.222. The van der Waals surface area contributed by atoms with Crippen LogP contribution in [0.2, 0.25) is 0 Å². The van der Waals surface area contributed by atoms with Crippen LogP contribution >= 0.6 is 0 Å². The average Bonchev–Trinajstić information content (AvgIpc) is 2.82. The Bertz CT molecular complexity index is 346. The summed E-state index contributed by atoms with van der Waals surface area (Å²) in [5.74, 6) is 1.40. The summed E-state index contributed by atoms with van der Waals surface area (Å²) in [5, 5.41) is 20.3. The molecule has 0 saturated heterocycles. The second-order valence-corrected chi connectivity index (χ2v) is 12.4. The molecule has 0 amide bonds. The maximum Gasteiger partial charge on any atom is 0.105 e. The predicted octanol–water partition coefficient (Wildman–Crippen LogP) is 8.86. The Morgan fingerprint density at radius 2 is 0.706 bits per heavy atom. The van der Waals surface area contributed by atoms with Crippen molar-refractivity contribution in [2.45, 2.75) is 180 Å². The summed E-state index contributed by atoms with van der Waals surface area (Å²) in [7, 11) is 0. The van der Waals surface area contributed by atoms with Gasteiger partial charge in [-0.05, 0) is 38.5 Å². The minimum Gasteiger partial charge on any atom is -0.616 e. The van der Waals surface area contributed by atoms with Crippen molar-refractivity contribution in [3.63, 3.8) is 0 Å². The standard InChI is InChI=1S/C30H62O3S/c1-3-5-7-9-11-13-15-17-19-23-29(31)25-21-27-34(33)28-22-26-30(32)24-20-18-16-14-12-10-8-6-4-2/h29-32H,3-28H2,1-2H3. The van der Waals surface area contributed by atoms with Gasteiger partial charge in [0, 0.05) is 0 Å². The van der Waals surface area contributed by atoms with E-state index >= 15 is 0 Å². The Kier molecular flexibility index (Phi) is 28.0. The second kappa shape index (κ2) is 27.8. The molecule has 0 aromatic carbocycles. The van der Waals surface area contributed by atoms with E-state index in [1.807, 2.05) is 0 Å². The molecule has 0 fully saturated rings. The van der Waals surface area contributed by atoms with Crippen molar-refractivity contribution in [3.05, 3.63) is 0 Å². The van der Waals surface area contributed by atoms with Crippen LogP contribution in [-0.2, 0) is 11.2 Å². The average molecular weight is 503 g/mol. The fourth-order valence-corrected chi connectivity index (χ4v) is 5.91. The third-order valence-electron chi connectivity index (χ3n) is 7.10. The zero-order valence-corrected chi connectivity index (χ0v) is 24.1. The van der Waals surface area contributed by atoms with Gasteiger partial charge in [0.15, 0.2) is 0 Å². The number of aliphatic hydroxyl groups excluding tert-OH is 2. The molecule has 0 heterocycles. The highest BCUT2D eigenvalue weighted by Gasteiger charge is 2.11. The minimum atomic E-state index is -0.803. The van der Waals surface area contributed by atoms with Crippen molar-refractivity contribution in [3.8, 4) is 0 Å². The molecule has 34 heavy (non-hydrogen) atoms. The highest BCUT2D eigenvalue weighted by Crippen LogP contribution is 2.15. The molecule has 0 saturated carbocycles. The van der Waals surface area contributed by atoms with Crippen molar-refractivity contribution in [2.75, 3.05) is 11.5 Å². The first-order valence-corrected chi connectivity index (χ1v) is 16.8. The van der Waals surface area contributed by atoms with E-state index < -0.39 is 11.2 Å². The van der Waals surface area contributed by atoms with Crippen LogP contribution in [0.25, 0.3) is 0 Å². The summed E-state index contributed by atoms with van der Waals surface area (Å²) >= 11 is -0.803. The molecule has 0 aliphatic heterocycles. The van der Waals surface area contributed by atoms with Gasteiger partial charge in [0.05, 0.1) is 12.2 Å². The number of aliphatic hydroxyl groups is 2. The van der Waals surface area contributed by atoms with Gasteiger partial charge in [-0.25, -0.2) is 0 Å². The SMILES string of the molecule is CCCCCCCCCCCC(O)CCC[S+]([O-])CCCC(O)CCCCCCCCCCC. The number of hydrogen-bond acceptors (Lipinski definition) is 3. The molecule has 206 valence electrons. The van der Waals surface area contributed by atoms with E-state index in [1.165, 1.54) is 103 Å². The number of hydrogen-bond donors (Lipinski definition) is 2. The molecule has 0 spiro atoms. The molecule has 0 aliphatic carbocycles. The summed E-state index contributed by atoms with van der Waals surface area (Å²) in [6.45, 7) is 4.52. The lowest BCUT2D eigenvalue weighted by atomic mass is 10.0. The van der Waals surface area contributed by atoms with E-state index in [0.717, 1.165) is 51.4 Å². The normalized spacial score (nSPS) is 14.4. The molecule has 3 nitrogen and oxygen atoms in total. The maximum atomic E-state index is 12.2. The topological polar surface area (TPSA) is 63.5 Å². The van der Waals surface area contributed by atoms with Crippen molar-refractivity contribution in [1.82, 2.24) is 0 Å². The summed E-state index contributed by atoms with van der Waals surface area (Å²) < 4.78 is 12.2. The van der Waals surface area contributed by atoms with Crippen LogP contribution in [0, 0.1) is 0 Å². The Hall–Kier alpha value is 0.230. The summed E-state index contributed by atoms with van der Waals surface area (Å²) in [6.07, 6.45) is 28.2. The third-order valence-corrected chi connectivity index (χ3v) is 8.59. The first kappa shape index (κ1) is 34.2. The number of unbranched alkanes of at least 4 members (excludes halogenated alkanes) is 16. The summed E-state index contributed by atoms with van der Waals surface area (Å²) in [4.78, 5) is 0. The van der Waals surface area contributed by atoms with E-state index in [0.29, 0.717) is 11.5 Å². The zero-order chi connectivity index (χ0) is 25.1. The molecule has 2 atom stereocenters. The van der Waals surface area contributed by atoms with Crippen LogP contribution in [0.1, 0.15) is 168 Å². The molecule has 0 aliphatic rings. The van der Waals surface area contributed by atoms with Crippen LogP contribution in [0.4, 0.5) is 0 Å². The Balaban J connectivity index is 3.40. The van der Waals surface area contributed by atoms with Gasteiger partial charge in [-0.1, -0.05) is 141 Å². The van der Waals surface area contributed by atoms with E-state index in [-0.39, 0.29) is 12.2 Å². The molecule has 0 rings (SSSR count). The van der Waals surface area contributed by atoms with Gasteiger partial charge in [0.2, 0.25) is 0 Å². The first-order valence-electron chi connectivity index (χ1n) is 15.3. The Morgan fingerprint density at radius 3 is 1.03 bits per heavy atom. The molecule has 0 radical (unpaired) electrons. The van der Waals surface area contributed by atoms with E-state index in [4.69, 9.17) is 0 Å². The van der Waals surface area contributed by atoms with Crippen LogP contribution in [0.15, 0.2) is 0 Å². The van der Waals surface area contributed by atoms with E-state index in [2.05, 4.69) is 13.8 Å². The van der Waals surface area contributed by atoms with Gasteiger partial charge < -0.3 is 14.8 Å². The number of rotatable bonds is 28. The fraction of sp³-hybridized carbons (Fsp3) is 1.00. The fourth-order valence-electron chi connectivity index (χ4n) is 4.73. The van der Waals surface area contributed by atoms with Crippen molar-refractivity contribution >= 4 is 11.2 Å². The van der Waals surface area contributed by atoms with Crippen molar-refractivity contribution in [2.24, 2.45) is 0 Å². The van der Waals surface area contributed by atoms with Crippen LogP contribution in [0.5, 0.6) is 0 Å². The Labute approximate surface area is 217 Å². The lowest BCUT2D eigenvalue weighted by molar-refractivity contribution is 0.150. The summed E-state index contributed by atoms with van der Waals surface area (Å²) in [5.41, 5.74) is 0. The predicted molar refractivity (Wildman–Crippen MR) is 152 cm³/mol. The quantitative estimate of drug-likeness (QED) is 0.0829. The lowest BCUT2D eigenvalue weighted by Crippen LogP contribution is -2.16. The van der Waals surface area contributed by atoms with Crippen molar-refractivity contribution < 1.29 is 14.8 Å². The molecule has 2 N–H and O–H groups in total. The molecular weight excluding hydrogens is 440 g/mol. The summed E-state index contributed by atoms with van der Waals surface area (Å²) in [6, 6.07) is 0. The molecular formula is C30H62O3S. The molecule has 4 heteroatoms. The molecule has 0 bridgehead atoms. The third kappa shape index (κ3) is 26.8. The van der Waals surface area contributed by atoms with Gasteiger partial charge in [0.25, 0.3) is 0 Å². The molecule has 2 unspecified atom stereocenters. The van der Waals surface area contributed by atoms with Gasteiger partial charge >= 0.3 is 0 Å². The van der Waals surface area contributed by atoms with Gasteiger partial charge in [0.1, 0.15) is 11.5 Å². The highest BCUT2D eigenvalue weighted by molar-refractivity contribution is 7.91. The largest absolute Gasteiger partial charge is 0.616 e. The Morgan fingerprint density at radius 1 is 0.441 bits per heavy atom. The van der Waals surface area contributed by atoms with E-state index in [1.54, 1.807) is 0 Å². The lowest BCUT2D eigenvalue weighted by Gasteiger charge is -2.14. The smallest absolute Gasteiger partial charge is 0.105 e. The van der Waals surface area contributed by atoms with Crippen LogP contribution < -0.4 is 0 Å². The van der Waals surface area contributed by atoms with Gasteiger partial charge in [-0.15, -0.1) is 0 Å². The highest BCUT2D eigenvalue weighted by atomic mass is 32.2. The molecule has 0 aromatic rings.